The summed E-state index contributed by atoms with van der Waals surface area (Å²) in [6, 6.07) is 7.56. The Morgan fingerprint density at radius 2 is 1.90 bits per heavy atom. The summed E-state index contributed by atoms with van der Waals surface area (Å²) in [6.45, 7) is 5.54. The Bertz CT molecular complexity index is 396. The zero-order valence-corrected chi connectivity index (χ0v) is 14.0. The first-order valence-electron chi connectivity index (χ1n) is 7.35. The van der Waals surface area contributed by atoms with Gasteiger partial charge in [0.25, 0.3) is 5.91 Å². The van der Waals surface area contributed by atoms with Crippen LogP contribution in [0.1, 0.15) is 43.5 Å². The number of ether oxygens (including phenoxy) is 1. The molecule has 120 valence electrons. The minimum Gasteiger partial charge on any atom is -0.494 e. The summed E-state index contributed by atoms with van der Waals surface area (Å²) in [7, 11) is 1.88. The van der Waals surface area contributed by atoms with Gasteiger partial charge in [0.05, 0.1) is 6.61 Å². The number of carbonyl (C=O) groups is 1. The maximum Gasteiger partial charge on any atom is 0.251 e. The molecule has 0 saturated carbocycles. The molecule has 1 unspecified atom stereocenters. The van der Waals surface area contributed by atoms with Crippen LogP contribution in [0.5, 0.6) is 5.75 Å². The molecule has 4 nitrogen and oxygen atoms in total. The molecule has 0 saturated heterocycles. The molecule has 0 aromatic heterocycles. The largest absolute Gasteiger partial charge is 0.494 e. The minimum atomic E-state index is -0.0513. The van der Waals surface area contributed by atoms with Crippen molar-refractivity contribution in [3.05, 3.63) is 29.8 Å². The van der Waals surface area contributed by atoms with Crippen LogP contribution in [0.2, 0.25) is 0 Å². The van der Waals surface area contributed by atoms with Crippen molar-refractivity contribution >= 4 is 18.3 Å². The third-order valence-corrected chi connectivity index (χ3v) is 3.19. The van der Waals surface area contributed by atoms with Gasteiger partial charge >= 0.3 is 0 Å². The van der Waals surface area contributed by atoms with Crippen molar-refractivity contribution in [2.24, 2.45) is 0 Å². The molecule has 1 aromatic carbocycles. The number of likely N-dealkylation sites (N-methyl/N-ethyl adjacent to an activating group) is 1. The van der Waals surface area contributed by atoms with E-state index in [2.05, 4.69) is 17.6 Å². The number of hydrogen-bond acceptors (Lipinski definition) is 3. The minimum absolute atomic E-state index is 0. The number of halogens is 1. The van der Waals surface area contributed by atoms with Gasteiger partial charge in [0.1, 0.15) is 5.75 Å². The number of hydrogen-bond donors (Lipinski definition) is 2. The summed E-state index contributed by atoms with van der Waals surface area (Å²) < 4.78 is 5.62. The van der Waals surface area contributed by atoms with E-state index >= 15 is 0 Å². The van der Waals surface area contributed by atoms with Crippen LogP contribution in [0.15, 0.2) is 24.3 Å². The number of amides is 1. The molecule has 0 aliphatic heterocycles. The van der Waals surface area contributed by atoms with E-state index in [1.165, 1.54) is 12.8 Å². The molecule has 0 bridgehead atoms. The van der Waals surface area contributed by atoms with Crippen LogP contribution in [0.25, 0.3) is 0 Å². The highest BCUT2D eigenvalue weighted by molar-refractivity contribution is 5.94. The first-order chi connectivity index (χ1) is 9.67. The van der Waals surface area contributed by atoms with Crippen molar-refractivity contribution in [3.63, 3.8) is 0 Å². The number of rotatable bonds is 9. The van der Waals surface area contributed by atoms with Crippen LogP contribution >= 0.6 is 12.4 Å². The van der Waals surface area contributed by atoms with Gasteiger partial charge in [-0.1, -0.05) is 19.8 Å². The van der Waals surface area contributed by atoms with Gasteiger partial charge in [-0.3, -0.25) is 4.79 Å². The fraction of sp³-hybridized carbons (Fsp3) is 0.562. The number of carbonyl (C=O) groups excluding carboxylic acids is 1. The Balaban J connectivity index is 0.00000400. The molecule has 0 aliphatic rings. The van der Waals surface area contributed by atoms with Crippen molar-refractivity contribution in [2.75, 3.05) is 20.2 Å². The Morgan fingerprint density at radius 3 is 2.48 bits per heavy atom. The molecule has 1 atom stereocenters. The second-order valence-electron chi connectivity index (χ2n) is 4.98. The molecule has 5 heteroatoms. The highest BCUT2D eigenvalue weighted by Gasteiger charge is 2.06. The van der Waals surface area contributed by atoms with E-state index in [1.807, 2.05) is 26.1 Å². The van der Waals surface area contributed by atoms with Gasteiger partial charge in [-0.15, -0.1) is 12.4 Å². The van der Waals surface area contributed by atoms with Crippen molar-refractivity contribution in [3.8, 4) is 5.75 Å². The normalized spacial score (nSPS) is 11.4. The summed E-state index contributed by atoms with van der Waals surface area (Å²) in [4.78, 5) is 11.9. The van der Waals surface area contributed by atoms with E-state index in [0.29, 0.717) is 12.1 Å². The zero-order chi connectivity index (χ0) is 14.8. The second-order valence-corrected chi connectivity index (χ2v) is 4.98. The quantitative estimate of drug-likeness (QED) is 0.689. The fourth-order valence-electron chi connectivity index (χ4n) is 1.69. The Morgan fingerprint density at radius 1 is 1.24 bits per heavy atom. The summed E-state index contributed by atoms with van der Waals surface area (Å²) in [5.74, 6) is 0.769. The maximum atomic E-state index is 11.9. The van der Waals surface area contributed by atoms with Gasteiger partial charge in [-0.05, 0) is 44.7 Å². The molecule has 21 heavy (non-hydrogen) atoms. The lowest BCUT2D eigenvalue weighted by molar-refractivity contribution is 0.0950. The predicted molar refractivity (Wildman–Crippen MR) is 89.6 cm³/mol. The van der Waals surface area contributed by atoms with Crippen molar-refractivity contribution in [2.45, 2.75) is 39.2 Å². The molecule has 0 heterocycles. The first kappa shape index (κ1) is 19.7. The van der Waals surface area contributed by atoms with Crippen LogP contribution in [0.3, 0.4) is 0 Å². The SMILES string of the molecule is CCCCCOc1ccc(C(=O)NCC(C)NC)cc1.Cl. The number of unbranched alkanes of at least 4 members (excludes halogenated alkanes) is 2. The van der Waals surface area contributed by atoms with Gasteiger partial charge in [-0.25, -0.2) is 0 Å². The van der Waals surface area contributed by atoms with Gasteiger partial charge in [0, 0.05) is 18.2 Å². The Labute approximate surface area is 134 Å². The molecule has 1 amide bonds. The van der Waals surface area contributed by atoms with Crippen LogP contribution in [-0.2, 0) is 0 Å². The van der Waals surface area contributed by atoms with Gasteiger partial charge in [0.15, 0.2) is 0 Å². The predicted octanol–water partition coefficient (Wildman–Crippen LogP) is 3.02. The van der Waals surface area contributed by atoms with E-state index < -0.39 is 0 Å². The molecule has 0 radical (unpaired) electrons. The van der Waals surface area contributed by atoms with E-state index in [4.69, 9.17) is 4.74 Å². The maximum absolute atomic E-state index is 11.9. The zero-order valence-electron chi connectivity index (χ0n) is 13.1. The van der Waals surface area contributed by atoms with E-state index in [0.717, 1.165) is 18.8 Å². The molecule has 0 aliphatic carbocycles. The number of nitrogens with one attached hydrogen (secondary N) is 2. The average molecular weight is 315 g/mol. The Kier molecular flexibility index (Phi) is 10.7. The fourth-order valence-corrected chi connectivity index (χ4v) is 1.69. The summed E-state index contributed by atoms with van der Waals surface area (Å²) in [6.07, 6.45) is 3.44. The first-order valence-corrected chi connectivity index (χ1v) is 7.35. The lowest BCUT2D eigenvalue weighted by Crippen LogP contribution is -2.37. The van der Waals surface area contributed by atoms with Gasteiger partial charge in [0.2, 0.25) is 0 Å². The van der Waals surface area contributed by atoms with E-state index in [1.54, 1.807) is 12.1 Å². The van der Waals surface area contributed by atoms with Crippen LogP contribution in [-0.4, -0.2) is 32.1 Å². The molecule has 2 N–H and O–H groups in total. The lowest BCUT2D eigenvalue weighted by Gasteiger charge is -2.11. The summed E-state index contributed by atoms with van der Waals surface area (Å²) in [5, 5.41) is 5.97. The smallest absolute Gasteiger partial charge is 0.251 e. The Hall–Kier alpha value is -1.26. The topological polar surface area (TPSA) is 50.4 Å². The third-order valence-electron chi connectivity index (χ3n) is 3.19. The molecular weight excluding hydrogens is 288 g/mol. The van der Waals surface area contributed by atoms with Gasteiger partial charge < -0.3 is 15.4 Å². The second kappa shape index (κ2) is 11.4. The van der Waals surface area contributed by atoms with Crippen LogP contribution < -0.4 is 15.4 Å². The molecule has 1 aromatic rings. The van der Waals surface area contributed by atoms with E-state index in [-0.39, 0.29) is 24.4 Å². The van der Waals surface area contributed by atoms with Crippen molar-refractivity contribution < 1.29 is 9.53 Å². The summed E-state index contributed by atoms with van der Waals surface area (Å²) in [5.41, 5.74) is 0.661. The average Bonchev–Trinajstić information content (AvgIpc) is 2.49. The van der Waals surface area contributed by atoms with Crippen LogP contribution in [0, 0.1) is 0 Å². The molecule has 0 fully saturated rings. The lowest BCUT2D eigenvalue weighted by atomic mass is 10.2. The highest BCUT2D eigenvalue weighted by atomic mass is 35.5. The van der Waals surface area contributed by atoms with Crippen LogP contribution in [0.4, 0.5) is 0 Å². The number of benzene rings is 1. The standard InChI is InChI=1S/C16H26N2O2.ClH/c1-4-5-6-11-20-15-9-7-14(8-10-15)16(19)18-12-13(2)17-3;/h7-10,13,17H,4-6,11-12H2,1-3H3,(H,18,19);1H. The summed E-state index contributed by atoms with van der Waals surface area (Å²) >= 11 is 0. The third kappa shape index (κ3) is 7.93. The van der Waals surface area contributed by atoms with E-state index in [9.17, 15) is 4.79 Å². The van der Waals surface area contributed by atoms with Crippen molar-refractivity contribution in [1.82, 2.24) is 10.6 Å². The molecule has 0 spiro atoms. The molecule has 1 rings (SSSR count). The molecular formula is C16H27ClN2O2. The monoisotopic (exact) mass is 314 g/mol. The van der Waals surface area contributed by atoms with Crippen molar-refractivity contribution in [1.29, 1.82) is 0 Å². The van der Waals surface area contributed by atoms with Gasteiger partial charge in [-0.2, -0.15) is 0 Å². The highest BCUT2D eigenvalue weighted by Crippen LogP contribution is 2.12.